The second-order valence-corrected chi connectivity index (χ2v) is 7.90. The molecule has 1 saturated heterocycles. The number of likely N-dealkylation sites (tertiary alicyclic amines) is 1. The summed E-state index contributed by atoms with van der Waals surface area (Å²) in [4.78, 5) is 14.7. The number of rotatable bonds is 7. The molecule has 1 aromatic rings. The minimum absolute atomic E-state index is 0.303. The van der Waals surface area contributed by atoms with Crippen LogP contribution in [0.4, 0.5) is 0 Å². The Morgan fingerprint density at radius 3 is 2.78 bits per heavy atom. The Balaban J connectivity index is 1.30. The van der Waals surface area contributed by atoms with E-state index < -0.39 is 0 Å². The fraction of sp³-hybridized carbons (Fsp3) is 0.545. The number of amides is 1. The van der Waals surface area contributed by atoms with E-state index >= 15 is 0 Å². The third-order valence-corrected chi connectivity index (χ3v) is 5.76. The fourth-order valence-corrected chi connectivity index (χ4v) is 4.20. The number of nitrogens with one attached hydrogen (secondary N) is 2. The maximum atomic E-state index is 12.6. The van der Waals surface area contributed by atoms with Gasteiger partial charge in [0, 0.05) is 31.8 Å². The lowest BCUT2D eigenvalue weighted by Gasteiger charge is -2.38. The van der Waals surface area contributed by atoms with Crippen LogP contribution in [-0.4, -0.2) is 29.0 Å². The molecule has 1 fully saturated rings. The van der Waals surface area contributed by atoms with Crippen LogP contribution in [0.25, 0.3) is 0 Å². The molecule has 0 saturated carbocycles. The van der Waals surface area contributed by atoms with E-state index in [9.17, 15) is 4.79 Å². The van der Waals surface area contributed by atoms with Crippen LogP contribution in [-0.2, 0) is 11.3 Å². The third kappa shape index (κ3) is 6.06. The van der Waals surface area contributed by atoms with Gasteiger partial charge in [-0.05, 0) is 68.6 Å². The van der Waals surface area contributed by atoms with Crippen molar-refractivity contribution in [1.82, 2.24) is 15.5 Å². The molecule has 1 unspecified atom stereocenters. The van der Waals surface area contributed by atoms with Gasteiger partial charge in [-0.25, -0.2) is 0 Å². The smallest absolute Gasteiger partial charge is 0.226 e. The van der Waals surface area contributed by atoms with Gasteiger partial charge in [0.15, 0.2) is 5.11 Å². The normalized spacial score (nSPS) is 19.0. The zero-order chi connectivity index (χ0) is 18.9. The third-order valence-electron chi connectivity index (χ3n) is 5.47. The molecule has 2 N–H and O–H groups in total. The van der Waals surface area contributed by atoms with Crippen molar-refractivity contribution in [3.63, 3.8) is 0 Å². The van der Waals surface area contributed by atoms with Gasteiger partial charge in [-0.1, -0.05) is 36.4 Å². The van der Waals surface area contributed by atoms with Gasteiger partial charge < -0.3 is 15.5 Å². The fourth-order valence-electron chi connectivity index (χ4n) is 4.02. The Kier molecular flexibility index (Phi) is 7.69. The highest BCUT2D eigenvalue weighted by Crippen LogP contribution is 2.35. The number of hydrogen-bond donors (Lipinski definition) is 2. The summed E-state index contributed by atoms with van der Waals surface area (Å²) in [6.07, 6.45) is 10.9. The number of thiocarbonyl (C=S) groups is 1. The molecule has 5 heteroatoms. The van der Waals surface area contributed by atoms with Crippen molar-refractivity contribution in [3.8, 4) is 0 Å². The Hall–Kier alpha value is -1.88. The van der Waals surface area contributed by atoms with Gasteiger partial charge in [0.1, 0.15) is 0 Å². The molecule has 1 amide bonds. The second-order valence-electron chi connectivity index (χ2n) is 7.50. The Morgan fingerprint density at radius 1 is 1.11 bits per heavy atom. The first-order chi connectivity index (χ1) is 13.2. The van der Waals surface area contributed by atoms with Gasteiger partial charge in [-0.2, -0.15) is 0 Å². The Morgan fingerprint density at radius 2 is 1.93 bits per heavy atom. The second kappa shape index (κ2) is 10.5. The van der Waals surface area contributed by atoms with Gasteiger partial charge in [0.25, 0.3) is 0 Å². The van der Waals surface area contributed by atoms with Crippen molar-refractivity contribution in [2.75, 3.05) is 13.1 Å². The average molecular weight is 386 g/mol. The van der Waals surface area contributed by atoms with Crippen LogP contribution in [0.3, 0.4) is 0 Å². The molecule has 1 heterocycles. The van der Waals surface area contributed by atoms with Crippen LogP contribution < -0.4 is 10.6 Å². The van der Waals surface area contributed by atoms with Gasteiger partial charge in [0.2, 0.25) is 5.91 Å². The van der Waals surface area contributed by atoms with E-state index in [-0.39, 0.29) is 0 Å². The number of benzene rings is 1. The van der Waals surface area contributed by atoms with Crippen molar-refractivity contribution in [2.45, 2.75) is 57.9 Å². The maximum Gasteiger partial charge on any atom is 0.226 e. The number of allylic oxidation sites excluding steroid dienone is 2. The van der Waals surface area contributed by atoms with E-state index in [4.69, 9.17) is 12.2 Å². The summed E-state index contributed by atoms with van der Waals surface area (Å²) < 4.78 is 0. The highest BCUT2D eigenvalue weighted by molar-refractivity contribution is 7.80. The summed E-state index contributed by atoms with van der Waals surface area (Å²) in [6, 6.07) is 10.2. The predicted molar refractivity (Wildman–Crippen MR) is 114 cm³/mol. The molecule has 1 aliphatic carbocycles. The number of unbranched alkanes of at least 4 members (excludes halogenated alkanes) is 1. The molecule has 1 aliphatic heterocycles. The zero-order valence-electron chi connectivity index (χ0n) is 16.1. The maximum absolute atomic E-state index is 12.6. The van der Waals surface area contributed by atoms with Crippen molar-refractivity contribution >= 4 is 23.2 Å². The standard InChI is InChI=1S/C22H31N3OS/c26-21(25-16-8-12-19-11-4-5-13-20(19)25)14-6-7-15-23-22(27)24-17-18-9-2-1-3-10-18/h1-3,9-10,13,19H,4-8,11-12,14-17H2,(H2,23,24,27). The number of carbonyl (C=O) groups is 1. The number of fused-ring (bicyclic) bond motifs is 1. The van der Waals surface area contributed by atoms with E-state index in [2.05, 4.69) is 33.7 Å². The van der Waals surface area contributed by atoms with Crippen molar-refractivity contribution < 1.29 is 4.79 Å². The number of piperidine rings is 1. The summed E-state index contributed by atoms with van der Waals surface area (Å²) in [5, 5.41) is 7.13. The Bertz CT molecular complexity index is 659. The van der Waals surface area contributed by atoms with Crippen molar-refractivity contribution in [3.05, 3.63) is 47.7 Å². The minimum atomic E-state index is 0.303. The molecule has 1 aromatic carbocycles. The van der Waals surface area contributed by atoms with Crippen LogP contribution in [0.1, 0.15) is 56.9 Å². The lowest BCUT2D eigenvalue weighted by Crippen LogP contribution is -2.39. The monoisotopic (exact) mass is 385 g/mol. The molecule has 0 aromatic heterocycles. The van der Waals surface area contributed by atoms with Gasteiger partial charge in [-0.15, -0.1) is 0 Å². The highest BCUT2D eigenvalue weighted by Gasteiger charge is 2.29. The molecular weight excluding hydrogens is 354 g/mol. The summed E-state index contributed by atoms with van der Waals surface area (Å²) in [5.41, 5.74) is 2.53. The lowest BCUT2D eigenvalue weighted by molar-refractivity contribution is -0.130. The molecule has 3 rings (SSSR count). The van der Waals surface area contributed by atoms with Gasteiger partial charge in [0.05, 0.1) is 0 Å². The lowest BCUT2D eigenvalue weighted by atomic mass is 9.85. The molecule has 0 radical (unpaired) electrons. The zero-order valence-corrected chi connectivity index (χ0v) is 16.9. The largest absolute Gasteiger partial charge is 0.363 e. The molecule has 1 atom stereocenters. The summed E-state index contributed by atoms with van der Waals surface area (Å²) in [6.45, 7) is 2.45. The first kappa shape index (κ1) is 19.9. The van der Waals surface area contributed by atoms with Crippen molar-refractivity contribution in [2.24, 2.45) is 5.92 Å². The van der Waals surface area contributed by atoms with Crippen LogP contribution in [0.5, 0.6) is 0 Å². The number of nitrogens with zero attached hydrogens (tertiary/aromatic N) is 1. The minimum Gasteiger partial charge on any atom is -0.363 e. The first-order valence-electron chi connectivity index (χ1n) is 10.3. The molecule has 0 spiro atoms. The van der Waals surface area contributed by atoms with Crippen LogP contribution in [0.15, 0.2) is 42.1 Å². The number of carbonyl (C=O) groups excluding carboxylic acids is 1. The molecule has 27 heavy (non-hydrogen) atoms. The van der Waals surface area contributed by atoms with Gasteiger partial charge >= 0.3 is 0 Å². The molecule has 0 bridgehead atoms. The van der Waals surface area contributed by atoms with E-state index in [0.717, 1.165) is 45.3 Å². The van der Waals surface area contributed by atoms with E-state index in [0.29, 0.717) is 23.4 Å². The topological polar surface area (TPSA) is 44.4 Å². The highest BCUT2D eigenvalue weighted by atomic mass is 32.1. The van der Waals surface area contributed by atoms with Crippen LogP contribution >= 0.6 is 12.2 Å². The SMILES string of the molecule is O=C(CCCCNC(=S)NCc1ccccc1)N1CCCC2CCCC=C21. The average Bonchev–Trinajstić information content (AvgIpc) is 2.72. The predicted octanol–water partition coefficient (Wildman–Crippen LogP) is 4.13. The van der Waals surface area contributed by atoms with E-state index in [1.54, 1.807) is 0 Å². The van der Waals surface area contributed by atoms with Crippen LogP contribution in [0.2, 0.25) is 0 Å². The summed E-state index contributed by atoms with van der Waals surface area (Å²) >= 11 is 5.32. The van der Waals surface area contributed by atoms with Gasteiger partial charge in [-0.3, -0.25) is 4.79 Å². The van der Waals surface area contributed by atoms with Crippen molar-refractivity contribution in [1.29, 1.82) is 0 Å². The van der Waals surface area contributed by atoms with E-state index in [1.165, 1.54) is 30.5 Å². The van der Waals surface area contributed by atoms with Crippen LogP contribution in [0, 0.1) is 5.92 Å². The summed E-state index contributed by atoms with van der Waals surface area (Å²) in [7, 11) is 0. The molecule has 4 nitrogen and oxygen atoms in total. The molecule has 2 aliphatic rings. The summed E-state index contributed by atoms with van der Waals surface area (Å²) in [5.74, 6) is 0.934. The van der Waals surface area contributed by atoms with E-state index in [1.807, 2.05) is 18.2 Å². The Labute approximate surface area is 168 Å². The number of hydrogen-bond acceptors (Lipinski definition) is 2. The molecular formula is C22H31N3OS. The first-order valence-corrected chi connectivity index (χ1v) is 10.7. The quantitative estimate of drug-likeness (QED) is 0.547. The molecule has 146 valence electrons.